The molecule has 0 aromatic carbocycles. The molecule has 3 fully saturated rings. The van der Waals surface area contributed by atoms with Crippen LogP contribution in [0, 0.1) is 0 Å². The molecule has 0 aromatic rings. The molecule has 0 radical (unpaired) electrons. The monoisotopic (exact) mass is 260 g/mol. The normalized spacial score (nSPS) is 48.8. The topological polar surface area (TPSA) is 66.4 Å². The van der Waals surface area contributed by atoms with Crippen molar-refractivity contribution in [1.82, 2.24) is 0 Å². The number of aliphatic hydroxyl groups is 1. The van der Waals surface area contributed by atoms with E-state index in [1.54, 1.807) is 13.8 Å². The molecule has 3 rings (SSSR count). The fourth-order valence-corrected chi connectivity index (χ4v) is 2.80. The molecule has 6 heteroatoms. The highest BCUT2D eigenvalue weighted by Gasteiger charge is 2.67. The minimum atomic E-state index is -1.18. The quantitative estimate of drug-likeness (QED) is 0.735. The summed E-state index contributed by atoms with van der Waals surface area (Å²) in [5, 5.41) is 9.60. The van der Waals surface area contributed by atoms with E-state index in [0.717, 1.165) is 0 Å². The van der Waals surface area contributed by atoms with Crippen LogP contribution < -0.4 is 0 Å². The number of ether oxygens (including phenoxy) is 5. The van der Waals surface area contributed by atoms with Crippen LogP contribution in [0.2, 0.25) is 0 Å². The predicted molar refractivity (Wildman–Crippen MR) is 59.6 cm³/mol. The van der Waals surface area contributed by atoms with Gasteiger partial charge in [-0.1, -0.05) is 0 Å². The molecule has 3 aliphatic rings. The first-order chi connectivity index (χ1) is 8.27. The summed E-state index contributed by atoms with van der Waals surface area (Å²) in [6, 6.07) is 0. The number of aliphatic hydroxyl groups excluding tert-OH is 1. The lowest BCUT2D eigenvalue weighted by molar-refractivity contribution is -0.339. The Morgan fingerprint density at radius 1 is 1.11 bits per heavy atom. The molecule has 0 saturated carbocycles. The second kappa shape index (κ2) is 3.65. The van der Waals surface area contributed by atoms with E-state index < -0.39 is 29.6 Å². The molecule has 3 heterocycles. The maximum atomic E-state index is 9.60. The second-order valence-corrected chi connectivity index (χ2v) is 6.15. The number of hydrogen-bond acceptors (Lipinski definition) is 6. The molecular weight excluding hydrogens is 240 g/mol. The summed E-state index contributed by atoms with van der Waals surface area (Å²) in [5.74, 6) is -1.98. The van der Waals surface area contributed by atoms with Gasteiger partial charge in [0.1, 0.15) is 18.8 Å². The molecule has 3 aliphatic heterocycles. The summed E-state index contributed by atoms with van der Waals surface area (Å²) in [6.45, 7) is 7.62. The van der Waals surface area contributed by atoms with E-state index >= 15 is 0 Å². The van der Waals surface area contributed by atoms with Crippen LogP contribution in [0.1, 0.15) is 27.7 Å². The lowest BCUT2D eigenvalue weighted by Crippen LogP contribution is -2.51. The van der Waals surface area contributed by atoms with Gasteiger partial charge in [0.15, 0.2) is 12.1 Å². The Balaban J connectivity index is 1.88. The molecule has 0 aliphatic carbocycles. The van der Waals surface area contributed by atoms with Gasteiger partial charge in [-0.2, -0.15) is 0 Å². The van der Waals surface area contributed by atoms with Gasteiger partial charge in [-0.05, 0) is 27.7 Å². The summed E-state index contributed by atoms with van der Waals surface area (Å²) in [6.07, 6.45) is -1.42. The van der Waals surface area contributed by atoms with E-state index in [4.69, 9.17) is 23.7 Å². The third-order valence-electron chi connectivity index (χ3n) is 3.42. The molecule has 4 atom stereocenters. The van der Waals surface area contributed by atoms with Crippen LogP contribution in [0.25, 0.3) is 0 Å². The Morgan fingerprint density at radius 3 is 2.50 bits per heavy atom. The first kappa shape index (κ1) is 12.8. The molecule has 0 bridgehead atoms. The lowest BCUT2D eigenvalue weighted by atomic mass is 10.0. The van der Waals surface area contributed by atoms with Gasteiger partial charge in [0.25, 0.3) is 0 Å². The first-order valence-corrected chi connectivity index (χ1v) is 6.23. The Bertz CT molecular complexity index is 354. The SMILES string of the molecule is CC1(C)COC2OC3(CO)OC(C)(C)OC3C2O1. The molecule has 104 valence electrons. The first-order valence-electron chi connectivity index (χ1n) is 6.23. The molecule has 0 aromatic heterocycles. The predicted octanol–water partition coefficient (Wildman–Crippen LogP) is 0.377. The minimum absolute atomic E-state index is 0.290. The zero-order chi connectivity index (χ0) is 13.2. The maximum absolute atomic E-state index is 9.60. The van der Waals surface area contributed by atoms with Crippen molar-refractivity contribution in [3.05, 3.63) is 0 Å². The van der Waals surface area contributed by atoms with Crippen molar-refractivity contribution in [2.75, 3.05) is 13.2 Å². The molecule has 18 heavy (non-hydrogen) atoms. The van der Waals surface area contributed by atoms with Crippen LogP contribution >= 0.6 is 0 Å². The molecular formula is C12H20O6. The van der Waals surface area contributed by atoms with Crippen molar-refractivity contribution in [1.29, 1.82) is 0 Å². The summed E-state index contributed by atoms with van der Waals surface area (Å²) >= 11 is 0. The minimum Gasteiger partial charge on any atom is -0.391 e. The van der Waals surface area contributed by atoms with Crippen LogP contribution in [0.4, 0.5) is 0 Å². The average molecular weight is 260 g/mol. The zero-order valence-electron chi connectivity index (χ0n) is 11.1. The maximum Gasteiger partial charge on any atom is 0.226 e. The standard InChI is InChI=1S/C12H20O6/c1-10(2)6-14-9-7(15-10)8-12(5-13,17-9)18-11(3,4)16-8/h7-9,13H,5-6H2,1-4H3. The molecule has 0 spiro atoms. The Labute approximate surface area is 106 Å². The average Bonchev–Trinajstić information content (AvgIpc) is 2.66. The van der Waals surface area contributed by atoms with Gasteiger partial charge in [0.05, 0.1) is 12.2 Å². The van der Waals surface area contributed by atoms with Gasteiger partial charge in [0.2, 0.25) is 5.79 Å². The van der Waals surface area contributed by atoms with Crippen LogP contribution in [-0.4, -0.2) is 54.0 Å². The van der Waals surface area contributed by atoms with Crippen molar-refractivity contribution >= 4 is 0 Å². The second-order valence-electron chi connectivity index (χ2n) is 6.15. The van der Waals surface area contributed by atoms with Crippen molar-refractivity contribution in [3.63, 3.8) is 0 Å². The van der Waals surface area contributed by atoms with Crippen molar-refractivity contribution in [2.24, 2.45) is 0 Å². The summed E-state index contributed by atoms with van der Waals surface area (Å²) < 4.78 is 28.8. The van der Waals surface area contributed by atoms with Crippen LogP contribution in [0.3, 0.4) is 0 Å². The highest BCUT2D eigenvalue weighted by atomic mass is 16.9. The highest BCUT2D eigenvalue weighted by molar-refractivity contribution is 5.03. The van der Waals surface area contributed by atoms with E-state index in [0.29, 0.717) is 6.61 Å². The lowest BCUT2D eigenvalue weighted by Gasteiger charge is -2.38. The van der Waals surface area contributed by atoms with E-state index in [2.05, 4.69) is 0 Å². The van der Waals surface area contributed by atoms with Gasteiger partial charge >= 0.3 is 0 Å². The Hall–Kier alpha value is -0.240. The largest absolute Gasteiger partial charge is 0.391 e. The molecule has 1 N–H and O–H groups in total. The van der Waals surface area contributed by atoms with E-state index in [1.165, 1.54) is 0 Å². The summed E-state index contributed by atoms with van der Waals surface area (Å²) in [7, 11) is 0. The molecule has 0 amide bonds. The summed E-state index contributed by atoms with van der Waals surface area (Å²) in [5.41, 5.74) is -0.397. The zero-order valence-corrected chi connectivity index (χ0v) is 11.1. The molecule has 4 unspecified atom stereocenters. The number of rotatable bonds is 1. The smallest absolute Gasteiger partial charge is 0.226 e. The summed E-state index contributed by atoms with van der Waals surface area (Å²) in [4.78, 5) is 0. The fourth-order valence-electron chi connectivity index (χ4n) is 2.80. The van der Waals surface area contributed by atoms with Crippen molar-refractivity contribution < 1.29 is 28.8 Å². The Kier molecular flexibility index (Phi) is 2.59. The highest BCUT2D eigenvalue weighted by Crippen LogP contribution is 2.48. The van der Waals surface area contributed by atoms with Crippen LogP contribution in [0.5, 0.6) is 0 Å². The van der Waals surface area contributed by atoms with Gasteiger partial charge in [-0.25, -0.2) is 0 Å². The third-order valence-corrected chi connectivity index (χ3v) is 3.42. The van der Waals surface area contributed by atoms with E-state index in [-0.39, 0.29) is 12.7 Å². The van der Waals surface area contributed by atoms with Gasteiger partial charge < -0.3 is 28.8 Å². The fraction of sp³-hybridized carbons (Fsp3) is 1.00. The Morgan fingerprint density at radius 2 is 1.83 bits per heavy atom. The van der Waals surface area contributed by atoms with Crippen molar-refractivity contribution in [3.8, 4) is 0 Å². The van der Waals surface area contributed by atoms with Crippen molar-refractivity contribution in [2.45, 2.75) is 63.4 Å². The number of fused-ring (bicyclic) bond motifs is 3. The van der Waals surface area contributed by atoms with E-state index in [1.807, 2.05) is 13.8 Å². The van der Waals surface area contributed by atoms with Crippen LogP contribution in [-0.2, 0) is 23.7 Å². The number of hydrogen-bond donors (Lipinski definition) is 1. The molecule has 3 saturated heterocycles. The van der Waals surface area contributed by atoms with Gasteiger partial charge in [-0.15, -0.1) is 0 Å². The molecule has 6 nitrogen and oxygen atoms in total. The third kappa shape index (κ3) is 1.79. The van der Waals surface area contributed by atoms with Gasteiger partial charge in [0, 0.05) is 0 Å². The van der Waals surface area contributed by atoms with E-state index in [9.17, 15) is 5.11 Å². The van der Waals surface area contributed by atoms with Gasteiger partial charge in [-0.3, -0.25) is 0 Å². The van der Waals surface area contributed by atoms with Crippen LogP contribution in [0.15, 0.2) is 0 Å².